The molecule has 494 valence electrons. The van der Waals surface area contributed by atoms with E-state index in [9.17, 15) is 52.7 Å². The van der Waals surface area contributed by atoms with Crippen LogP contribution in [0.2, 0.25) is 0 Å². The summed E-state index contributed by atoms with van der Waals surface area (Å²) < 4.78 is 236. The second-order valence-electron chi connectivity index (χ2n) is 17.0. The summed E-state index contributed by atoms with van der Waals surface area (Å²) in [5.41, 5.74) is -18.0. The number of pyridine rings is 4. The van der Waals surface area contributed by atoms with Gasteiger partial charge in [-0.2, -0.15) is 63.2 Å². The van der Waals surface area contributed by atoms with Crippen LogP contribution >= 0.6 is 0 Å². The molecule has 0 N–H and O–H groups in total. The molecule has 24 nitrogen and oxygen atoms in total. The van der Waals surface area contributed by atoms with Gasteiger partial charge in [0.15, 0.2) is 40.5 Å². The first-order valence-electron chi connectivity index (χ1n) is 24.0. The van der Waals surface area contributed by atoms with Gasteiger partial charge in [-0.15, -0.1) is 0 Å². The molecule has 0 amide bonds. The van der Waals surface area contributed by atoms with E-state index in [2.05, 4.69) is 112 Å². The first-order valence-corrected chi connectivity index (χ1v) is 29.6. The van der Waals surface area contributed by atoms with E-state index in [1.165, 1.54) is 13.8 Å². The van der Waals surface area contributed by atoms with Gasteiger partial charge in [0.2, 0.25) is 0 Å². The molecule has 2 aliphatic rings. The number of hydrogen-bond donors (Lipinski definition) is 0. The Morgan fingerprint density at radius 2 is 0.511 bits per heavy atom. The van der Waals surface area contributed by atoms with Crippen LogP contribution in [0.1, 0.15) is 36.6 Å². The van der Waals surface area contributed by atoms with Gasteiger partial charge in [0.25, 0.3) is 0 Å². The van der Waals surface area contributed by atoms with Crippen molar-refractivity contribution in [2.45, 2.75) is 62.1 Å². The molecule has 6 rings (SSSR count). The molecule has 2 saturated heterocycles. The third-order valence-electron chi connectivity index (χ3n) is 10.2. The fourth-order valence-corrected chi connectivity index (χ4v) is 6.00. The second kappa shape index (κ2) is 43.8. The number of aromatic nitrogens is 4. The van der Waals surface area contributed by atoms with Gasteiger partial charge in [0, 0.05) is 143 Å². The molecule has 0 atom stereocenters. The van der Waals surface area contributed by atoms with Gasteiger partial charge in [0.1, 0.15) is 0 Å². The minimum absolute atomic E-state index is 0. The van der Waals surface area contributed by atoms with Crippen LogP contribution < -0.4 is 0 Å². The normalized spacial score (nSPS) is 15.5. The minimum Gasteiger partial charge on any atom is -0.741 e. The minimum atomic E-state index is -6.09. The van der Waals surface area contributed by atoms with Crippen molar-refractivity contribution in [1.82, 2.24) is 49.3 Å². The number of nitriles is 2. The van der Waals surface area contributed by atoms with Gasteiger partial charge < -0.3 is 28.0 Å². The van der Waals surface area contributed by atoms with Crippen LogP contribution in [0, 0.1) is 22.7 Å². The molecule has 42 heteroatoms. The first kappa shape index (κ1) is 89.6. The SMILES string of the molecule is CC#N.CC#N.CN1CCN(Cc2ccccn2)CCN(Cc2ccccn2)CC1.CN1CCN(Cc2ccccn2)CCN(Cc2ccccn2)CC1.O=S(=O)([O-])C(F)(F)F.O=S(=O)([O-])C(F)(F)F.O=S(=O)([O-])C(F)(F)F.O=S(=O)([O-])C(F)(F)F.[Fe+5].[Fe+5]. The third kappa shape index (κ3) is 43.8. The number of hydrogen-bond acceptors (Lipinski definition) is 24. The molecule has 0 bridgehead atoms. The number of likely N-dealkylation sites (N-methyl/N-ethyl adjacent to an activating group) is 2. The van der Waals surface area contributed by atoms with Crippen molar-refractivity contribution in [3.8, 4) is 12.1 Å². The number of nitrogens with zero attached hydrogens (tertiary/aromatic N) is 12. The largest absolute Gasteiger partial charge is 5.00 e. The van der Waals surface area contributed by atoms with Crippen molar-refractivity contribution in [1.29, 1.82) is 10.5 Å². The van der Waals surface area contributed by atoms with Crippen LogP contribution in [0.3, 0.4) is 0 Å². The Labute approximate surface area is 523 Å². The molecule has 4 aromatic rings. The standard InChI is InChI=1S/2C19H27N5.2C2H3N.4CHF3O3S.2Fe/c2*1-22-10-12-23(16-18-6-2-4-8-20-18)14-15-24(13-11-22)17-19-7-3-5-9-21-19;2*1-2-3;4*2-1(3,4)8(5,6)7;;/h2*2-9H,10-17H2,1H3;2*1H3;4*(H,5,6,7);;/q;;;;;;;;2*+5/p-4. The maximum Gasteiger partial charge on any atom is 5.00 e. The van der Waals surface area contributed by atoms with Crippen molar-refractivity contribution in [2.24, 2.45) is 0 Å². The molecular weight excluding hydrogens is 1380 g/mol. The Balaban J connectivity index is -0.000000508. The average molecular weight is 1440 g/mol. The van der Waals surface area contributed by atoms with Gasteiger partial charge in [-0.05, 0) is 62.6 Å². The zero-order chi connectivity index (χ0) is 66.6. The Morgan fingerprint density at radius 1 is 0.375 bits per heavy atom. The summed E-state index contributed by atoms with van der Waals surface area (Å²) in [6, 6.07) is 28.1. The molecule has 6 heterocycles. The Bertz CT molecular complexity index is 2650. The Kier molecular flexibility index (Phi) is 44.6. The molecule has 88 heavy (non-hydrogen) atoms. The van der Waals surface area contributed by atoms with Gasteiger partial charge in [-0.3, -0.25) is 39.5 Å². The molecule has 0 spiro atoms. The van der Waals surface area contributed by atoms with Crippen LogP contribution in [-0.4, -0.2) is 216 Å². The van der Waals surface area contributed by atoms with Crippen LogP contribution in [0.25, 0.3) is 0 Å². The molecule has 2 fully saturated rings. The predicted octanol–water partition coefficient (Wildman–Crippen LogP) is 4.71. The van der Waals surface area contributed by atoms with Crippen molar-refractivity contribution < 1.29 is 139 Å². The van der Waals surface area contributed by atoms with Crippen molar-refractivity contribution in [3.05, 3.63) is 120 Å². The molecule has 2 aliphatic heterocycles. The van der Waals surface area contributed by atoms with E-state index >= 15 is 0 Å². The topological polar surface area (TPSA) is 347 Å². The van der Waals surface area contributed by atoms with E-state index < -0.39 is 62.5 Å². The van der Waals surface area contributed by atoms with Crippen molar-refractivity contribution in [3.63, 3.8) is 0 Å². The summed E-state index contributed by atoms with van der Waals surface area (Å²) in [7, 11) is -19.9. The van der Waals surface area contributed by atoms with Crippen LogP contribution in [0.15, 0.2) is 97.6 Å². The summed E-state index contributed by atoms with van der Waals surface area (Å²) in [5.74, 6) is 0. The number of halogens is 12. The number of alkyl halides is 12. The fraction of sp³-hybridized carbons (Fsp3) is 0.522. The molecule has 0 aromatic carbocycles. The Hall–Kier alpha value is -4.82. The fourth-order valence-electron chi connectivity index (χ4n) is 6.00. The number of rotatable bonds is 8. The summed E-state index contributed by atoms with van der Waals surface area (Å²) in [6.07, 6.45) is 7.52. The molecule has 0 saturated carbocycles. The third-order valence-corrected chi connectivity index (χ3v) is 12.5. The van der Waals surface area contributed by atoms with E-state index in [4.69, 9.17) is 62.4 Å². The van der Waals surface area contributed by atoms with Gasteiger partial charge in [-0.1, -0.05) is 24.3 Å². The van der Waals surface area contributed by atoms with Crippen molar-refractivity contribution >= 4 is 40.5 Å². The summed E-state index contributed by atoms with van der Waals surface area (Å²) in [5, 5.41) is 14.6. The summed E-state index contributed by atoms with van der Waals surface area (Å²) in [4.78, 5) is 32.8. The van der Waals surface area contributed by atoms with E-state index in [1.807, 2.05) is 49.1 Å². The molecule has 0 unspecified atom stereocenters. The van der Waals surface area contributed by atoms with E-state index in [-0.39, 0.29) is 34.1 Å². The van der Waals surface area contributed by atoms with E-state index in [1.54, 1.807) is 12.1 Å². The quantitative estimate of drug-likeness (QED) is 0.0997. The zero-order valence-electron chi connectivity index (χ0n) is 46.7. The van der Waals surface area contributed by atoms with E-state index in [0.29, 0.717) is 0 Å². The van der Waals surface area contributed by atoms with Gasteiger partial charge in [-0.25, -0.2) is 33.7 Å². The molecule has 4 aromatic heterocycles. The zero-order valence-corrected chi connectivity index (χ0v) is 52.2. The maximum absolute atomic E-state index is 10.7. The monoisotopic (exact) mass is 1440 g/mol. The molecule has 0 aliphatic carbocycles. The smallest absolute Gasteiger partial charge is 0.741 e. The summed E-state index contributed by atoms with van der Waals surface area (Å²) in [6.45, 7) is 19.6. The average Bonchev–Trinajstić information content (AvgIpc) is 3.60. The molecular formula is C46H60F12Fe2N12O12S4+6. The second-order valence-corrected chi connectivity index (χ2v) is 22.5. The molecule has 2 radical (unpaired) electrons. The first-order chi connectivity index (χ1) is 39.4. The maximum atomic E-state index is 10.7. The Morgan fingerprint density at radius 3 is 0.625 bits per heavy atom. The van der Waals surface area contributed by atoms with Crippen LogP contribution in [-0.2, 0) is 101 Å². The van der Waals surface area contributed by atoms with Gasteiger partial charge >= 0.3 is 56.2 Å². The van der Waals surface area contributed by atoms with Crippen LogP contribution in [0.5, 0.6) is 0 Å². The summed E-state index contributed by atoms with van der Waals surface area (Å²) >= 11 is 0. The predicted molar refractivity (Wildman–Crippen MR) is 279 cm³/mol. The van der Waals surface area contributed by atoms with Crippen molar-refractivity contribution in [2.75, 3.05) is 92.6 Å². The van der Waals surface area contributed by atoms with Crippen LogP contribution in [0.4, 0.5) is 52.7 Å². The van der Waals surface area contributed by atoms with E-state index in [0.717, 1.165) is 127 Å². The van der Waals surface area contributed by atoms with Gasteiger partial charge in [0.05, 0.1) is 34.9 Å².